The normalized spacial score (nSPS) is 31.3. The van der Waals surface area contributed by atoms with E-state index in [0.29, 0.717) is 5.92 Å². The van der Waals surface area contributed by atoms with Gasteiger partial charge in [0.1, 0.15) is 5.75 Å². The lowest BCUT2D eigenvalue weighted by Gasteiger charge is -2.41. The van der Waals surface area contributed by atoms with Gasteiger partial charge in [0.05, 0.1) is 18.6 Å². The smallest absolute Gasteiger partial charge is 0.205 e. The predicted molar refractivity (Wildman–Crippen MR) is 67.0 cm³/mol. The minimum Gasteiger partial charge on any atom is -0.464 e. The summed E-state index contributed by atoms with van der Waals surface area (Å²) in [5.41, 5.74) is 1.12. The molecule has 2 aliphatic heterocycles. The highest BCUT2D eigenvalue weighted by atomic mass is 79.9. The van der Waals surface area contributed by atoms with Gasteiger partial charge < -0.3 is 14.2 Å². The highest BCUT2D eigenvalue weighted by Crippen LogP contribution is 2.45. The molecule has 0 spiro atoms. The molecule has 1 saturated heterocycles. The van der Waals surface area contributed by atoms with E-state index in [0.717, 1.165) is 35.2 Å². The maximum Gasteiger partial charge on any atom is 0.205 e. The van der Waals surface area contributed by atoms with Gasteiger partial charge in [-0.15, -0.1) is 0 Å². The first-order valence-electron chi connectivity index (χ1n) is 5.90. The van der Waals surface area contributed by atoms with E-state index < -0.39 is 0 Å². The fourth-order valence-corrected chi connectivity index (χ4v) is 3.08. The molecule has 4 heteroatoms. The van der Waals surface area contributed by atoms with Crippen molar-refractivity contribution >= 4 is 15.9 Å². The van der Waals surface area contributed by atoms with Crippen LogP contribution in [0, 0.1) is 5.92 Å². The van der Waals surface area contributed by atoms with Crippen molar-refractivity contribution in [1.29, 1.82) is 0 Å². The fourth-order valence-electron chi connectivity index (χ4n) is 2.70. The number of halogens is 1. The minimum atomic E-state index is -0.151. The van der Waals surface area contributed by atoms with Crippen molar-refractivity contribution in [2.24, 2.45) is 5.92 Å². The summed E-state index contributed by atoms with van der Waals surface area (Å²) >= 11 is 3.49. The topological polar surface area (TPSA) is 27.7 Å². The molecule has 3 nitrogen and oxygen atoms in total. The van der Waals surface area contributed by atoms with Crippen LogP contribution in [0.15, 0.2) is 22.7 Å². The Morgan fingerprint density at radius 3 is 3.12 bits per heavy atom. The van der Waals surface area contributed by atoms with Crippen molar-refractivity contribution in [3.63, 3.8) is 0 Å². The third-order valence-electron chi connectivity index (χ3n) is 3.48. The third-order valence-corrected chi connectivity index (χ3v) is 3.97. The highest BCUT2D eigenvalue weighted by Gasteiger charge is 2.40. The maximum absolute atomic E-state index is 5.90. The van der Waals surface area contributed by atoms with E-state index in [4.69, 9.17) is 14.2 Å². The Morgan fingerprint density at radius 1 is 1.41 bits per heavy atom. The summed E-state index contributed by atoms with van der Waals surface area (Å²) in [6.07, 6.45) is 2.09. The Balaban J connectivity index is 2.01. The zero-order valence-corrected chi connectivity index (χ0v) is 11.3. The van der Waals surface area contributed by atoms with Gasteiger partial charge in [0.2, 0.25) is 6.29 Å². The van der Waals surface area contributed by atoms with E-state index in [1.807, 2.05) is 12.1 Å². The Labute approximate surface area is 109 Å². The molecule has 0 aliphatic carbocycles. The number of benzene rings is 1. The van der Waals surface area contributed by atoms with Crippen molar-refractivity contribution in [2.75, 3.05) is 13.7 Å². The average Bonchev–Trinajstić information content (AvgIpc) is 2.36. The zero-order chi connectivity index (χ0) is 11.8. The summed E-state index contributed by atoms with van der Waals surface area (Å²) < 4.78 is 18.3. The first-order chi connectivity index (χ1) is 8.29. The van der Waals surface area contributed by atoms with Crippen LogP contribution in [0.2, 0.25) is 0 Å². The molecule has 1 fully saturated rings. The second-order valence-corrected chi connectivity index (χ2v) is 5.42. The quantitative estimate of drug-likeness (QED) is 0.796. The summed E-state index contributed by atoms with van der Waals surface area (Å²) in [7, 11) is 1.76. The maximum atomic E-state index is 5.90. The van der Waals surface area contributed by atoms with E-state index >= 15 is 0 Å². The van der Waals surface area contributed by atoms with E-state index in [1.165, 1.54) is 0 Å². The molecule has 1 aromatic carbocycles. The van der Waals surface area contributed by atoms with Crippen LogP contribution in [0.4, 0.5) is 0 Å². The first kappa shape index (κ1) is 11.5. The molecule has 17 heavy (non-hydrogen) atoms. The first-order valence-corrected chi connectivity index (χ1v) is 6.69. The van der Waals surface area contributed by atoms with Gasteiger partial charge >= 0.3 is 0 Å². The van der Waals surface area contributed by atoms with E-state index in [2.05, 4.69) is 22.0 Å². The molecule has 0 saturated carbocycles. The summed E-state index contributed by atoms with van der Waals surface area (Å²) in [5, 5.41) is 0. The second kappa shape index (κ2) is 4.59. The molecule has 2 aliphatic rings. The SMILES string of the molecule is CO[C@H]1c2cc(Br)ccc2O[C@H]2OCCC[C@H]21. The lowest BCUT2D eigenvalue weighted by Crippen LogP contribution is -2.41. The van der Waals surface area contributed by atoms with Gasteiger partial charge in [0, 0.05) is 17.1 Å². The lowest BCUT2D eigenvalue weighted by molar-refractivity contribution is -0.185. The molecule has 1 aromatic rings. The molecule has 92 valence electrons. The molecule has 3 rings (SSSR count). The molecule has 0 amide bonds. The second-order valence-electron chi connectivity index (χ2n) is 4.50. The van der Waals surface area contributed by atoms with Crippen molar-refractivity contribution < 1.29 is 14.2 Å². The molecular formula is C13H15BrO3. The molecule has 2 heterocycles. The van der Waals surface area contributed by atoms with Crippen molar-refractivity contribution in [3.05, 3.63) is 28.2 Å². The van der Waals surface area contributed by atoms with Gasteiger partial charge in [-0.3, -0.25) is 0 Å². The van der Waals surface area contributed by atoms with Gasteiger partial charge in [-0.1, -0.05) is 15.9 Å². The van der Waals surface area contributed by atoms with Crippen LogP contribution in [-0.2, 0) is 9.47 Å². The van der Waals surface area contributed by atoms with Crippen LogP contribution in [-0.4, -0.2) is 20.0 Å². The number of rotatable bonds is 1. The van der Waals surface area contributed by atoms with Crippen LogP contribution in [0.5, 0.6) is 5.75 Å². The van der Waals surface area contributed by atoms with Crippen LogP contribution in [0.3, 0.4) is 0 Å². The fraction of sp³-hybridized carbons (Fsp3) is 0.538. The summed E-state index contributed by atoms with van der Waals surface area (Å²) in [5.74, 6) is 1.18. The van der Waals surface area contributed by atoms with Gasteiger partial charge in [0.15, 0.2) is 0 Å². The van der Waals surface area contributed by atoms with E-state index in [1.54, 1.807) is 7.11 Å². The number of hydrogen-bond donors (Lipinski definition) is 0. The molecule has 0 radical (unpaired) electrons. The highest BCUT2D eigenvalue weighted by molar-refractivity contribution is 9.10. The summed E-state index contributed by atoms with van der Waals surface area (Å²) in [6.45, 7) is 0.781. The van der Waals surface area contributed by atoms with E-state index in [-0.39, 0.29) is 12.4 Å². The minimum absolute atomic E-state index is 0.0709. The zero-order valence-electron chi connectivity index (χ0n) is 9.69. The summed E-state index contributed by atoms with van der Waals surface area (Å²) in [4.78, 5) is 0. The Hall–Kier alpha value is -0.580. The van der Waals surface area contributed by atoms with Gasteiger partial charge in [0.25, 0.3) is 0 Å². The molecule has 0 bridgehead atoms. The predicted octanol–water partition coefficient (Wildman–Crippen LogP) is 3.28. The van der Waals surface area contributed by atoms with Crippen LogP contribution in [0.25, 0.3) is 0 Å². The van der Waals surface area contributed by atoms with Crippen LogP contribution >= 0.6 is 15.9 Å². The molecule has 0 N–H and O–H groups in total. The average molecular weight is 299 g/mol. The molecular weight excluding hydrogens is 284 g/mol. The standard InChI is InChI=1S/C13H15BrO3/c1-15-12-9-3-2-6-16-13(9)17-11-5-4-8(14)7-10(11)12/h4-5,7,9,12-13H,2-3,6H2,1H3/t9-,12+,13+/m0/s1. The van der Waals surface area contributed by atoms with E-state index in [9.17, 15) is 0 Å². The van der Waals surface area contributed by atoms with Gasteiger partial charge in [-0.05, 0) is 31.0 Å². The van der Waals surface area contributed by atoms with Crippen molar-refractivity contribution in [1.82, 2.24) is 0 Å². The Morgan fingerprint density at radius 2 is 2.29 bits per heavy atom. The lowest BCUT2D eigenvalue weighted by atomic mass is 9.87. The van der Waals surface area contributed by atoms with Gasteiger partial charge in [-0.25, -0.2) is 0 Å². The third kappa shape index (κ3) is 1.98. The van der Waals surface area contributed by atoms with Crippen molar-refractivity contribution in [3.8, 4) is 5.75 Å². The number of hydrogen-bond acceptors (Lipinski definition) is 3. The number of fused-ring (bicyclic) bond motifs is 2. The van der Waals surface area contributed by atoms with Crippen LogP contribution < -0.4 is 4.74 Å². The Kier molecular flexibility index (Phi) is 3.11. The Bertz CT molecular complexity index is 421. The molecule has 3 atom stereocenters. The van der Waals surface area contributed by atoms with Crippen LogP contribution in [0.1, 0.15) is 24.5 Å². The molecule has 0 unspecified atom stereocenters. The number of ether oxygens (including phenoxy) is 3. The monoisotopic (exact) mass is 298 g/mol. The van der Waals surface area contributed by atoms with Gasteiger partial charge in [-0.2, -0.15) is 0 Å². The van der Waals surface area contributed by atoms with Crippen molar-refractivity contribution in [2.45, 2.75) is 25.2 Å². The molecule has 0 aromatic heterocycles. The largest absolute Gasteiger partial charge is 0.464 e. The number of methoxy groups -OCH3 is 1. The summed E-state index contributed by atoms with van der Waals surface area (Å²) in [6, 6.07) is 6.03.